The second-order valence-corrected chi connectivity index (χ2v) is 1.18. The van der Waals surface area contributed by atoms with Crippen molar-refractivity contribution < 1.29 is 0 Å². The predicted molar refractivity (Wildman–Crippen MR) is 39.1 cm³/mol. The summed E-state index contributed by atoms with van der Waals surface area (Å²) in [4.78, 5) is 3.51. The van der Waals surface area contributed by atoms with Crippen molar-refractivity contribution in [3.05, 3.63) is 0 Å². The van der Waals surface area contributed by atoms with Gasteiger partial charge < -0.3 is 0 Å². The van der Waals surface area contributed by atoms with Crippen LogP contribution in [-0.4, -0.2) is 10.4 Å². The molecule has 0 aromatic carbocycles. The van der Waals surface area contributed by atoms with Gasteiger partial charge >= 0.3 is 0 Å². The van der Waals surface area contributed by atoms with Gasteiger partial charge in [-0.1, -0.05) is 0 Å². The molecule has 0 saturated heterocycles. The highest BCUT2D eigenvalue weighted by Gasteiger charge is 1.50. The van der Waals surface area contributed by atoms with Crippen LogP contribution in [0, 0.1) is 17.4 Å². The number of hydrogen-bond donors (Lipinski definition) is 1. The fourth-order valence-corrected chi connectivity index (χ4v) is 0.233. The van der Waals surface area contributed by atoms with E-state index in [9.17, 15) is 0 Å². The molecule has 0 aromatic rings. The van der Waals surface area contributed by atoms with Crippen LogP contribution in [0.15, 0.2) is 4.99 Å². The Morgan fingerprint density at radius 3 is 2.86 bits per heavy atom. The molecule has 0 aliphatic carbocycles. The average molecular weight is 206 g/mol. The molecule has 0 atom stereocenters. The first kappa shape index (κ1) is 6.63. The summed E-state index contributed by atoms with van der Waals surface area (Å²) >= 11 is 1.96. The van der Waals surface area contributed by atoms with Gasteiger partial charge in [0.15, 0.2) is 0 Å². The van der Waals surface area contributed by atoms with Crippen molar-refractivity contribution in [2.75, 3.05) is 0 Å². The largest absolute Gasteiger partial charge is 0.300 e. The van der Waals surface area contributed by atoms with Gasteiger partial charge in [-0.2, -0.15) is 4.99 Å². The molecule has 0 aromatic heterocycles. The SMILES string of the molecule is N=CC#CN=CI. The third-order valence-electron chi connectivity index (χ3n) is 0.250. The Bertz CT molecular complexity index is 128. The second-order valence-electron chi connectivity index (χ2n) is 0.627. The molecule has 0 fully saturated rings. The molecule has 0 saturated carbocycles. The molecule has 1 N–H and O–H groups in total. The van der Waals surface area contributed by atoms with Crippen molar-refractivity contribution in [1.82, 2.24) is 0 Å². The Hall–Kier alpha value is -0.370. The summed E-state index contributed by atoms with van der Waals surface area (Å²) in [6.07, 6.45) is 1.00. The van der Waals surface area contributed by atoms with Crippen molar-refractivity contribution in [2.45, 2.75) is 0 Å². The van der Waals surface area contributed by atoms with Crippen molar-refractivity contribution in [3.63, 3.8) is 0 Å². The fourth-order valence-electron chi connectivity index (χ4n) is 0.0939. The molecule has 0 radical (unpaired) electrons. The van der Waals surface area contributed by atoms with Gasteiger partial charge in [0.2, 0.25) is 0 Å². The molecular formula is C4H3IN2. The van der Waals surface area contributed by atoms with Crippen molar-refractivity contribution in [3.8, 4) is 12.0 Å². The topological polar surface area (TPSA) is 36.2 Å². The summed E-state index contributed by atoms with van der Waals surface area (Å²) in [6, 6.07) is 2.35. The van der Waals surface area contributed by atoms with E-state index in [0.29, 0.717) is 0 Å². The number of rotatable bonds is 0. The van der Waals surface area contributed by atoms with E-state index in [-0.39, 0.29) is 0 Å². The Morgan fingerprint density at radius 1 is 1.71 bits per heavy atom. The van der Waals surface area contributed by atoms with E-state index in [1.165, 1.54) is 0 Å². The summed E-state index contributed by atoms with van der Waals surface area (Å²) in [5, 5.41) is 6.41. The lowest BCUT2D eigenvalue weighted by Gasteiger charge is -1.57. The first-order chi connectivity index (χ1) is 3.41. The molecule has 0 aliphatic heterocycles. The minimum absolute atomic E-state index is 1.00. The van der Waals surface area contributed by atoms with E-state index < -0.39 is 0 Å². The van der Waals surface area contributed by atoms with Gasteiger partial charge in [0, 0.05) is 6.04 Å². The van der Waals surface area contributed by atoms with Crippen molar-refractivity contribution in [2.24, 2.45) is 4.99 Å². The highest BCUT2D eigenvalue weighted by Crippen LogP contribution is 1.67. The Labute approximate surface area is 55.7 Å². The van der Waals surface area contributed by atoms with E-state index in [2.05, 4.69) is 17.0 Å². The monoisotopic (exact) mass is 206 g/mol. The Morgan fingerprint density at radius 2 is 2.43 bits per heavy atom. The maximum Gasteiger partial charge on any atom is 0.0758 e. The maximum absolute atomic E-state index is 6.41. The zero-order valence-corrected chi connectivity index (χ0v) is 5.64. The molecule has 0 unspecified atom stereocenters. The Balaban J connectivity index is 3.45. The van der Waals surface area contributed by atoms with Crippen LogP contribution >= 0.6 is 22.6 Å². The molecule has 0 heterocycles. The van der Waals surface area contributed by atoms with Gasteiger partial charge in [-0.25, -0.2) is 0 Å². The smallest absolute Gasteiger partial charge is 0.0758 e. The molecular weight excluding hydrogens is 203 g/mol. The van der Waals surface area contributed by atoms with E-state index in [1.54, 1.807) is 4.22 Å². The Kier molecular flexibility index (Phi) is 5.33. The molecule has 7 heavy (non-hydrogen) atoms. The number of nitrogens with zero attached hydrogens (tertiary/aromatic N) is 1. The van der Waals surface area contributed by atoms with Crippen molar-refractivity contribution in [1.29, 1.82) is 5.41 Å². The van der Waals surface area contributed by atoms with Crippen LogP contribution in [0.2, 0.25) is 0 Å². The number of hydrogen-bond acceptors (Lipinski definition) is 2. The third-order valence-corrected chi connectivity index (χ3v) is 0.529. The molecule has 2 nitrogen and oxygen atoms in total. The third kappa shape index (κ3) is 5.63. The summed E-state index contributed by atoms with van der Waals surface area (Å²) in [6.45, 7) is 0. The summed E-state index contributed by atoms with van der Waals surface area (Å²) in [5.41, 5.74) is 0. The van der Waals surface area contributed by atoms with Crippen LogP contribution in [0.4, 0.5) is 0 Å². The van der Waals surface area contributed by atoms with Crippen LogP contribution in [-0.2, 0) is 0 Å². The zero-order chi connectivity index (χ0) is 5.54. The van der Waals surface area contributed by atoms with Gasteiger partial charge in [0.25, 0.3) is 0 Å². The first-order valence-corrected chi connectivity index (χ1v) is 2.77. The lowest BCUT2D eigenvalue weighted by atomic mass is 10.7. The highest BCUT2D eigenvalue weighted by molar-refractivity contribution is 14.1. The minimum atomic E-state index is 1.00. The molecule has 3 heteroatoms. The minimum Gasteiger partial charge on any atom is -0.300 e. The predicted octanol–water partition coefficient (Wildman–Crippen LogP) is 1.06. The van der Waals surface area contributed by atoms with Gasteiger partial charge in [0.05, 0.1) is 10.4 Å². The van der Waals surface area contributed by atoms with E-state index in [1.807, 2.05) is 22.6 Å². The molecule has 0 spiro atoms. The number of halogens is 1. The highest BCUT2D eigenvalue weighted by atomic mass is 127. The van der Waals surface area contributed by atoms with E-state index >= 15 is 0 Å². The first-order valence-electron chi connectivity index (χ1n) is 1.53. The van der Waals surface area contributed by atoms with Crippen LogP contribution < -0.4 is 0 Å². The van der Waals surface area contributed by atoms with Crippen LogP contribution in [0.1, 0.15) is 0 Å². The van der Waals surface area contributed by atoms with Gasteiger partial charge in [0.1, 0.15) is 0 Å². The average Bonchev–Trinajstić information content (AvgIpc) is 1.69. The van der Waals surface area contributed by atoms with Crippen LogP contribution in [0.5, 0.6) is 0 Å². The fraction of sp³-hybridized carbons (Fsp3) is 0. The maximum atomic E-state index is 6.41. The molecule has 0 amide bonds. The van der Waals surface area contributed by atoms with Gasteiger partial charge in [-0.05, 0) is 28.5 Å². The standard InChI is InChI=1S/C4H3IN2/c5-4-7-3-1-2-6/h2,4,6H. The quantitative estimate of drug-likeness (QED) is 0.349. The number of aliphatic imine (C=N–C) groups is 1. The second kappa shape index (κ2) is 5.63. The van der Waals surface area contributed by atoms with Gasteiger partial charge in [-0.15, -0.1) is 0 Å². The molecule has 36 valence electrons. The number of nitrogens with one attached hydrogen (secondary N) is 1. The van der Waals surface area contributed by atoms with Crippen molar-refractivity contribution >= 4 is 33.0 Å². The van der Waals surface area contributed by atoms with E-state index in [0.717, 1.165) is 6.21 Å². The normalized spacial score (nSPS) is 7.57. The van der Waals surface area contributed by atoms with E-state index in [4.69, 9.17) is 5.41 Å². The summed E-state index contributed by atoms with van der Waals surface area (Å²) in [5.74, 6) is 2.34. The summed E-state index contributed by atoms with van der Waals surface area (Å²) in [7, 11) is 0. The lowest BCUT2D eigenvalue weighted by molar-refractivity contribution is 1.58. The van der Waals surface area contributed by atoms with Gasteiger partial charge in [-0.3, -0.25) is 5.41 Å². The summed E-state index contributed by atoms with van der Waals surface area (Å²) < 4.78 is 1.55. The lowest BCUT2D eigenvalue weighted by Crippen LogP contribution is -1.54. The molecule has 0 bridgehead atoms. The van der Waals surface area contributed by atoms with Crippen LogP contribution in [0.3, 0.4) is 0 Å². The van der Waals surface area contributed by atoms with Crippen LogP contribution in [0.25, 0.3) is 0 Å². The zero-order valence-electron chi connectivity index (χ0n) is 3.48. The molecule has 0 aliphatic rings. The molecule has 0 rings (SSSR count).